The molecule has 0 saturated carbocycles. The van der Waals surface area contributed by atoms with Gasteiger partial charge in [-0.1, -0.05) is 69.4 Å². The lowest BCUT2D eigenvalue weighted by Gasteiger charge is -2.13. The number of pyridine rings is 1. The molecular formula is C26H30N2O2. The van der Waals surface area contributed by atoms with Gasteiger partial charge in [0.2, 0.25) is 0 Å². The average Bonchev–Trinajstić information content (AvgIpc) is 2.76. The second-order valence-electron chi connectivity index (χ2n) is 7.78. The summed E-state index contributed by atoms with van der Waals surface area (Å²) in [4.78, 5) is 29.5. The van der Waals surface area contributed by atoms with E-state index in [-0.39, 0.29) is 11.7 Å². The molecule has 0 aliphatic heterocycles. The van der Waals surface area contributed by atoms with Crippen molar-refractivity contribution in [1.29, 1.82) is 0 Å². The van der Waals surface area contributed by atoms with E-state index < -0.39 is 0 Å². The number of Topliss-reactive ketones (excluding diaryl/α,β-unsaturated/α-hetero) is 1. The van der Waals surface area contributed by atoms with Crippen LogP contribution in [0.4, 0.5) is 5.69 Å². The number of fused-ring (bicyclic) bond motifs is 1. The van der Waals surface area contributed by atoms with E-state index in [2.05, 4.69) is 17.2 Å². The number of ketones is 1. The number of aromatic nitrogens is 1. The fourth-order valence-electron chi connectivity index (χ4n) is 3.72. The summed E-state index contributed by atoms with van der Waals surface area (Å²) < 4.78 is 0. The first-order chi connectivity index (χ1) is 14.6. The zero-order valence-corrected chi connectivity index (χ0v) is 17.9. The second kappa shape index (κ2) is 10.7. The molecule has 30 heavy (non-hydrogen) atoms. The number of nitrogens with zero attached hydrogens (tertiary/aromatic N) is 1. The van der Waals surface area contributed by atoms with E-state index in [0.717, 1.165) is 35.7 Å². The largest absolute Gasteiger partial charge is 0.320 e. The molecule has 0 aliphatic rings. The maximum atomic E-state index is 13.2. The number of aryl methyl sites for hydroxylation is 1. The van der Waals surface area contributed by atoms with E-state index in [9.17, 15) is 9.59 Å². The molecule has 0 spiro atoms. The Kier molecular flexibility index (Phi) is 7.72. The number of anilines is 1. The monoisotopic (exact) mass is 402 g/mol. The van der Waals surface area contributed by atoms with Crippen LogP contribution in [0.25, 0.3) is 10.9 Å². The van der Waals surface area contributed by atoms with Gasteiger partial charge in [-0.05, 0) is 43.5 Å². The van der Waals surface area contributed by atoms with Crippen LogP contribution < -0.4 is 5.32 Å². The number of carbonyl (C=O) groups excluding carboxylic acids is 2. The number of carbonyl (C=O) groups is 2. The summed E-state index contributed by atoms with van der Waals surface area (Å²) in [5.41, 5.74) is 3.55. The predicted molar refractivity (Wildman–Crippen MR) is 123 cm³/mol. The molecule has 0 unspecified atom stereocenters. The maximum absolute atomic E-state index is 13.2. The number of hydrogen-bond acceptors (Lipinski definition) is 3. The molecule has 0 aliphatic carbocycles. The number of amides is 1. The molecule has 1 heterocycles. The number of para-hydroxylation sites is 1. The lowest BCUT2D eigenvalue weighted by atomic mass is 9.96. The molecule has 4 nitrogen and oxygen atoms in total. The van der Waals surface area contributed by atoms with Crippen LogP contribution in [0.3, 0.4) is 0 Å². The lowest BCUT2D eigenvalue weighted by Crippen LogP contribution is -2.16. The van der Waals surface area contributed by atoms with E-state index in [1.807, 2.05) is 42.5 Å². The maximum Gasteiger partial charge on any atom is 0.256 e. The molecule has 0 fully saturated rings. The minimum Gasteiger partial charge on any atom is -0.320 e. The Labute approximate surface area is 178 Å². The molecule has 1 aromatic heterocycles. The van der Waals surface area contributed by atoms with E-state index in [1.165, 1.54) is 32.6 Å². The Hall–Kier alpha value is -3.01. The van der Waals surface area contributed by atoms with Gasteiger partial charge in [0.15, 0.2) is 5.78 Å². The van der Waals surface area contributed by atoms with Gasteiger partial charge in [-0.25, -0.2) is 0 Å². The summed E-state index contributed by atoms with van der Waals surface area (Å²) >= 11 is 0. The highest BCUT2D eigenvalue weighted by Crippen LogP contribution is 2.23. The van der Waals surface area contributed by atoms with Gasteiger partial charge in [-0.15, -0.1) is 0 Å². The fraction of sp³-hybridized carbons (Fsp3) is 0.346. The van der Waals surface area contributed by atoms with Gasteiger partial charge < -0.3 is 5.32 Å². The highest BCUT2D eigenvalue weighted by atomic mass is 16.1. The zero-order chi connectivity index (χ0) is 21.3. The Morgan fingerprint density at radius 2 is 1.70 bits per heavy atom. The van der Waals surface area contributed by atoms with Crippen molar-refractivity contribution in [3.8, 4) is 0 Å². The number of hydrogen-bond donors (Lipinski definition) is 1. The molecule has 1 amide bonds. The zero-order valence-electron chi connectivity index (χ0n) is 17.9. The Morgan fingerprint density at radius 3 is 2.50 bits per heavy atom. The first-order valence-electron chi connectivity index (χ1n) is 10.9. The Morgan fingerprint density at radius 1 is 0.933 bits per heavy atom. The normalized spacial score (nSPS) is 10.9. The summed E-state index contributed by atoms with van der Waals surface area (Å²) in [5.74, 6) is -0.237. The van der Waals surface area contributed by atoms with Gasteiger partial charge in [0.05, 0.1) is 11.2 Å². The highest BCUT2D eigenvalue weighted by Gasteiger charge is 2.15. The summed E-state index contributed by atoms with van der Waals surface area (Å²) in [6.45, 7) is 3.74. The first kappa shape index (κ1) is 21.7. The summed E-state index contributed by atoms with van der Waals surface area (Å²) in [7, 11) is 0. The van der Waals surface area contributed by atoms with Crippen molar-refractivity contribution in [3.63, 3.8) is 0 Å². The minimum atomic E-state index is -0.197. The lowest BCUT2D eigenvalue weighted by molar-refractivity contribution is 0.101. The van der Waals surface area contributed by atoms with Crippen molar-refractivity contribution < 1.29 is 9.59 Å². The molecule has 2 aromatic carbocycles. The van der Waals surface area contributed by atoms with E-state index in [0.29, 0.717) is 16.8 Å². The van der Waals surface area contributed by atoms with Crippen LogP contribution in [0.2, 0.25) is 0 Å². The minimum absolute atomic E-state index is 0.0398. The topological polar surface area (TPSA) is 59.1 Å². The van der Waals surface area contributed by atoms with Gasteiger partial charge in [0, 0.05) is 22.7 Å². The van der Waals surface area contributed by atoms with Gasteiger partial charge >= 0.3 is 0 Å². The van der Waals surface area contributed by atoms with Crippen LogP contribution in [-0.2, 0) is 6.42 Å². The highest BCUT2D eigenvalue weighted by molar-refractivity contribution is 6.10. The van der Waals surface area contributed by atoms with Crippen molar-refractivity contribution in [1.82, 2.24) is 4.98 Å². The van der Waals surface area contributed by atoms with Crippen molar-refractivity contribution in [2.24, 2.45) is 0 Å². The van der Waals surface area contributed by atoms with Gasteiger partial charge in [-0.2, -0.15) is 0 Å². The van der Waals surface area contributed by atoms with Gasteiger partial charge in [-0.3, -0.25) is 14.6 Å². The molecule has 1 N–H and O–H groups in total. The van der Waals surface area contributed by atoms with Crippen LogP contribution in [-0.4, -0.2) is 16.7 Å². The van der Waals surface area contributed by atoms with Crippen molar-refractivity contribution >= 4 is 28.3 Å². The van der Waals surface area contributed by atoms with Crippen LogP contribution in [0.1, 0.15) is 78.7 Å². The van der Waals surface area contributed by atoms with Crippen molar-refractivity contribution in [3.05, 3.63) is 71.4 Å². The van der Waals surface area contributed by atoms with Crippen LogP contribution >= 0.6 is 0 Å². The molecule has 3 rings (SSSR count). The summed E-state index contributed by atoms with van der Waals surface area (Å²) in [6, 6.07) is 15.1. The number of unbranched alkanes of at least 4 members (excludes halogenated alkanes) is 5. The van der Waals surface area contributed by atoms with E-state index >= 15 is 0 Å². The number of benzene rings is 2. The molecule has 0 saturated heterocycles. The number of rotatable bonds is 10. The molecule has 0 bridgehead atoms. The third-order valence-corrected chi connectivity index (χ3v) is 5.44. The molecule has 0 radical (unpaired) electrons. The average molecular weight is 403 g/mol. The van der Waals surface area contributed by atoms with Crippen LogP contribution in [0.5, 0.6) is 0 Å². The molecule has 3 aromatic rings. The third-order valence-electron chi connectivity index (χ3n) is 5.44. The molecule has 0 atom stereocenters. The SMILES string of the molecule is CCCCCCCCc1ccc(C(C)=O)cc1C(=O)Nc1cccc2cccnc12. The Balaban J connectivity index is 1.80. The fourth-order valence-corrected chi connectivity index (χ4v) is 3.72. The second-order valence-corrected chi connectivity index (χ2v) is 7.78. The summed E-state index contributed by atoms with van der Waals surface area (Å²) in [5, 5.41) is 3.99. The molecule has 156 valence electrons. The molecular weight excluding hydrogens is 372 g/mol. The van der Waals surface area contributed by atoms with Gasteiger partial charge in [0.25, 0.3) is 5.91 Å². The Bertz CT molecular complexity index is 1020. The predicted octanol–water partition coefficient (Wildman–Crippen LogP) is 6.59. The standard InChI is InChI=1S/C26H30N2O2/c1-3-4-5-6-7-8-11-20-15-16-22(19(2)29)18-23(20)26(30)28-24-14-9-12-21-13-10-17-27-25(21)24/h9-10,12-18H,3-8,11H2,1-2H3,(H,28,30). The molecule has 4 heteroatoms. The van der Waals surface area contributed by atoms with Crippen LogP contribution in [0.15, 0.2) is 54.7 Å². The van der Waals surface area contributed by atoms with Gasteiger partial charge in [0.1, 0.15) is 0 Å². The quantitative estimate of drug-likeness (QED) is 0.307. The first-order valence-corrected chi connectivity index (χ1v) is 10.9. The smallest absolute Gasteiger partial charge is 0.256 e. The number of nitrogens with one attached hydrogen (secondary N) is 1. The van der Waals surface area contributed by atoms with Crippen molar-refractivity contribution in [2.45, 2.75) is 58.8 Å². The van der Waals surface area contributed by atoms with E-state index in [4.69, 9.17) is 0 Å². The van der Waals surface area contributed by atoms with E-state index in [1.54, 1.807) is 12.3 Å². The third kappa shape index (κ3) is 5.53. The van der Waals surface area contributed by atoms with Crippen LogP contribution in [0, 0.1) is 0 Å². The van der Waals surface area contributed by atoms with Crippen molar-refractivity contribution in [2.75, 3.05) is 5.32 Å². The summed E-state index contributed by atoms with van der Waals surface area (Å²) in [6.07, 6.45) is 9.75.